The summed E-state index contributed by atoms with van der Waals surface area (Å²) in [6.45, 7) is 7.87. The van der Waals surface area contributed by atoms with Crippen molar-refractivity contribution in [2.45, 2.75) is 57.5 Å². The Bertz CT molecular complexity index is 213. The summed E-state index contributed by atoms with van der Waals surface area (Å²) < 4.78 is 25.5. The monoisotopic (exact) mass is 220 g/mol. The van der Waals surface area contributed by atoms with Crippen LogP contribution in [0.4, 0.5) is 8.78 Å². The molecule has 15 heavy (non-hydrogen) atoms. The summed E-state index contributed by atoms with van der Waals surface area (Å²) in [5, 5.41) is 0. The molecule has 0 spiro atoms. The SMILES string of the molecule is CC(C)(C)N1CCCC(N)(C(F)F)CC1. The highest BCUT2D eigenvalue weighted by Gasteiger charge is 2.38. The minimum atomic E-state index is -2.41. The highest BCUT2D eigenvalue weighted by molar-refractivity contribution is 4.92. The van der Waals surface area contributed by atoms with E-state index in [0.29, 0.717) is 19.4 Å². The molecule has 90 valence electrons. The lowest BCUT2D eigenvalue weighted by Crippen LogP contribution is -2.48. The molecule has 2 N–H and O–H groups in total. The van der Waals surface area contributed by atoms with Gasteiger partial charge >= 0.3 is 0 Å². The number of likely N-dealkylation sites (tertiary alicyclic amines) is 1. The molecule has 1 aliphatic heterocycles. The van der Waals surface area contributed by atoms with Gasteiger partial charge in [-0.1, -0.05) is 0 Å². The van der Waals surface area contributed by atoms with E-state index >= 15 is 0 Å². The Balaban J connectivity index is 2.64. The molecule has 0 radical (unpaired) electrons. The summed E-state index contributed by atoms with van der Waals surface area (Å²) in [5.74, 6) is 0. The second kappa shape index (κ2) is 4.34. The van der Waals surface area contributed by atoms with Crippen LogP contribution >= 0.6 is 0 Å². The third-order valence-corrected chi connectivity index (χ3v) is 3.30. The first kappa shape index (κ1) is 12.8. The van der Waals surface area contributed by atoms with Gasteiger partial charge in [0.2, 0.25) is 0 Å². The van der Waals surface area contributed by atoms with Crippen molar-refractivity contribution in [1.82, 2.24) is 4.90 Å². The van der Waals surface area contributed by atoms with E-state index in [1.807, 2.05) is 0 Å². The van der Waals surface area contributed by atoms with E-state index in [2.05, 4.69) is 25.7 Å². The first-order valence-corrected chi connectivity index (χ1v) is 5.58. The smallest absolute Gasteiger partial charge is 0.256 e. The maximum absolute atomic E-state index is 12.8. The fourth-order valence-electron chi connectivity index (χ4n) is 2.07. The Hall–Kier alpha value is -0.220. The maximum Gasteiger partial charge on any atom is 0.256 e. The molecule has 0 bridgehead atoms. The third kappa shape index (κ3) is 3.11. The largest absolute Gasteiger partial charge is 0.320 e. The molecule has 0 aliphatic carbocycles. The van der Waals surface area contributed by atoms with Crippen molar-refractivity contribution in [2.24, 2.45) is 5.73 Å². The lowest BCUT2D eigenvalue weighted by atomic mass is 9.92. The van der Waals surface area contributed by atoms with Crippen molar-refractivity contribution in [3.63, 3.8) is 0 Å². The van der Waals surface area contributed by atoms with Gasteiger partial charge in [0.25, 0.3) is 6.43 Å². The van der Waals surface area contributed by atoms with E-state index in [-0.39, 0.29) is 5.54 Å². The van der Waals surface area contributed by atoms with Crippen molar-refractivity contribution in [3.05, 3.63) is 0 Å². The van der Waals surface area contributed by atoms with Crippen LogP contribution in [-0.4, -0.2) is 35.5 Å². The average molecular weight is 220 g/mol. The topological polar surface area (TPSA) is 29.3 Å². The van der Waals surface area contributed by atoms with E-state index in [1.54, 1.807) is 0 Å². The minimum absolute atomic E-state index is 0.0490. The first-order chi connectivity index (χ1) is 6.76. The normalized spacial score (nSPS) is 30.6. The summed E-state index contributed by atoms with van der Waals surface area (Å²) in [7, 11) is 0. The zero-order valence-electron chi connectivity index (χ0n) is 9.89. The fraction of sp³-hybridized carbons (Fsp3) is 1.00. The zero-order chi connectivity index (χ0) is 11.7. The molecule has 1 saturated heterocycles. The molecule has 0 saturated carbocycles. The Morgan fingerprint density at radius 1 is 1.20 bits per heavy atom. The lowest BCUT2D eigenvalue weighted by molar-refractivity contribution is 0.0420. The number of hydrogen-bond donors (Lipinski definition) is 1. The molecule has 1 atom stereocenters. The fourth-order valence-corrected chi connectivity index (χ4v) is 2.07. The highest BCUT2D eigenvalue weighted by Crippen LogP contribution is 2.28. The lowest BCUT2D eigenvalue weighted by Gasteiger charge is -2.35. The molecule has 1 aliphatic rings. The van der Waals surface area contributed by atoms with Gasteiger partial charge < -0.3 is 5.73 Å². The van der Waals surface area contributed by atoms with E-state index in [4.69, 9.17) is 5.73 Å². The molecule has 1 unspecified atom stereocenters. The Labute approximate surface area is 90.8 Å². The van der Waals surface area contributed by atoms with Crippen molar-refractivity contribution in [3.8, 4) is 0 Å². The van der Waals surface area contributed by atoms with Gasteiger partial charge in [-0.25, -0.2) is 8.78 Å². The van der Waals surface area contributed by atoms with Gasteiger partial charge in [-0.2, -0.15) is 0 Å². The van der Waals surface area contributed by atoms with Gasteiger partial charge in [0.1, 0.15) is 0 Å². The van der Waals surface area contributed by atoms with E-state index < -0.39 is 12.0 Å². The van der Waals surface area contributed by atoms with Crippen LogP contribution in [-0.2, 0) is 0 Å². The number of alkyl halides is 2. The Morgan fingerprint density at radius 2 is 1.80 bits per heavy atom. The van der Waals surface area contributed by atoms with E-state index in [0.717, 1.165) is 13.0 Å². The molecule has 1 rings (SSSR count). The predicted octanol–water partition coefficient (Wildman–Crippen LogP) is 2.23. The second-order valence-electron chi connectivity index (χ2n) is 5.55. The number of rotatable bonds is 1. The Morgan fingerprint density at radius 3 is 2.27 bits per heavy atom. The van der Waals surface area contributed by atoms with Gasteiger partial charge in [-0.3, -0.25) is 4.90 Å². The average Bonchev–Trinajstić information content (AvgIpc) is 2.26. The number of hydrogen-bond acceptors (Lipinski definition) is 2. The molecule has 0 aromatic heterocycles. The quantitative estimate of drug-likeness (QED) is 0.734. The maximum atomic E-state index is 12.8. The van der Waals surface area contributed by atoms with Crippen LogP contribution in [0.15, 0.2) is 0 Å². The predicted molar refractivity (Wildman–Crippen MR) is 58.1 cm³/mol. The van der Waals surface area contributed by atoms with Crippen LogP contribution in [0.25, 0.3) is 0 Å². The van der Waals surface area contributed by atoms with Crippen LogP contribution in [0.3, 0.4) is 0 Å². The highest BCUT2D eigenvalue weighted by atomic mass is 19.3. The molecular formula is C11H22F2N2. The molecule has 0 aromatic carbocycles. The van der Waals surface area contributed by atoms with Gasteiger partial charge in [0.05, 0.1) is 5.54 Å². The number of nitrogens with zero attached hydrogens (tertiary/aromatic N) is 1. The Kier molecular flexibility index (Phi) is 3.71. The molecular weight excluding hydrogens is 198 g/mol. The molecule has 1 fully saturated rings. The summed E-state index contributed by atoms with van der Waals surface area (Å²) in [5.41, 5.74) is 4.52. The molecule has 0 aromatic rings. The van der Waals surface area contributed by atoms with Crippen LogP contribution in [0.5, 0.6) is 0 Å². The third-order valence-electron chi connectivity index (χ3n) is 3.30. The van der Waals surface area contributed by atoms with Crippen LogP contribution in [0.1, 0.15) is 40.0 Å². The van der Waals surface area contributed by atoms with Crippen LogP contribution < -0.4 is 5.73 Å². The van der Waals surface area contributed by atoms with Crippen molar-refractivity contribution < 1.29 is 8.78 Å². The number of nitrogens with two attached hydrogens (primary N) is 1. The van der Waals surface area contributed by atoms with Crippen LogP contribution in [0, 0.1) is 0 Å². The van der Waals surface area contributed by atoms with Gasteiger partial charge in [0.15, 0.2) is 0 Å². The summed E-state index contributed by atoms with van der Waals surface area (Å²) in [6, 6.07) is 0. The zero-order valence-corrected chi connectivity index (χ0v) is 9.89. The molecule has 1 heterocycles. The van der Waals surface area contributed by atoms with Gasteiger partial charge in [-0.05, 0) is 46.6 Å². The second-order valence-corrected chi connectivity index (χ2v) is 5.55. The minimum Gasteiger partial charge on any atom is -0.320 e. The summed E-state index contributed by atoms with van der Waals surface area (Å²) >= 11 is 0. The van der Waals surface area contributed by atoms with Crippen molar-refractivity contribution >= 4 is 0 Å². The number of halogens is 2. The first-order valence-electron chi connectivity index (χ1n) is 5.58. The standard InChI is InChI=1S/C11H22F2N2/c1-10(2,3)15-7-4-5-11(14,6-8-15)9(12)13/h9H,4-8,14H2,1-3H3. The van der Waals surface area contributed by atoms with E-state index in [1.165, 1.54) is 0 Å². The molecule has 4 heteroatoms. The summed E-state index contributed by atoms with van der Waals surface area (Å²) in [6.07, 6.45) is -0.825. The van der Waals surface area contributed by atoms with Crippen molar-refractivity contribution in [1.29, 1.82) is 0 Å². The van der Waals surface area contributed by atoms with Gasteiger partial charge in [0, 0.05) is 12.1 Å². The van der Waals surface area contributed by atoms with Crippen LogP contribution in [0.2, 0.25) is 0 Å². The van der Waals surface area contributed by atoms with E-state index in [9.17, 15) is 8.78 Å². The molecule has 0 amide bonds. The molecule has 2 nitrogen and oxygen atoms in total. The van der Waals surface area contributed by atoms with Gasteiger partial charge in [-0.15, -0.1) is 0 Å². The summed E-state index contributed by atoms with van der Waals surface area (Å²) in [4.78, 5) is 2.24. The van der Waals surface area contributed by atoms with Crippen molar-refractivity contribution in [2.75, 3.05) is 13.1 Å².